The van der Waals surface area contributed by atoms with Gasteiger partial charge in [-0.15, -0.1) is 11.3 Å². The molecule has 0 saturated carbocycles. The highest BCUT2D eigenvalue weighted by molar-refractivity contribution is 7.17. The van der Waals surface area contributed by atoms with E-state index in [9.17, 15) is 9.59 Å². The second kappa shape index (κ2) is 8.05. The Morgan fingerprint density at radius 2 is 1.75 bits per heavy atom. The number of hydrogen-bond donors (Lipinski definition) is 1. The second-order valence-corrected chi connectivity index (χ2v) is 8.50. The molecule has 2 aromatic heterocycles. The topological polar surface area (TPSA) is 74.5 Å². The number of fused-ring (bicyclic) bond motifs is 1. The predicted molar refractivity (Wildman–Crippen MR) is 124 cm³/mol. The summed E-state index contributed by atoms with van der Waals surface area (Å²) in [5.41, 5.74) is 2.36. The van der Waals surface area contributed by atoms with Gasteiger partial charge in [-0.25, -0.2) is 4.68 Å². The van der Waals surface area contributed by atoms with Gasteiger partial charge in [0.05, 0.1) is 16.3 Å². The van der Waals surface area contributed by atoms with Crippen molar-refractivity contribution < 1.29 is 14.3 Å². The summed E-state index contributed by atoms with van der Waals surface area (Å²) in [6.07, 6.45) is 0. The minimum absolute atomic E-state index is 0.270. The highest BCUT2D eigenvalue weighted by Crippen LogP contribution is 2.37. The Balaban J connectivity index is 1.41. The number of para-hydroxylation sites is 1. The van der Waals surface area contributed by atoms with E-state index in [-0.39, 0.29) is 17.2 Å². The van der Waals surface area contributed by atoms with E-state index in [4.69, 9.17) is 9.47 Å². The number of amides is 1. The van der Waals surface area contributed by atoms with Crippen LogP contribution in [0.2, 0.25) is 0 Å². The Labute approximate surface area is 188 Å². The van der Waals surface area contributed by atoms with E-state index in [1.165, 1.54) is 11.3 Å². The summed E-state index contributed by atoms with van der Waals surface area (Å²) in [6, 6.07) is 18.7. The maximum absolute atomic E-state index is 13.0. The third-order valence-corrected chi connectivity index (χ3v) is 6.58. The van der Waals surface area contributed by atoms with Crippen molar-refractivity contribution in [3.8, 4) is 27.6 Å². The number of carbonyl (C=O) groups is 1. The Bertz CT molecular complexity index is 1370. The first-order chi connectivity index (χ1) is 15.5. The monoisotopic (exact) mass is 447 g/mol. The lowest BCUT2D eigenvalue weighted by Gasteiger charge is -2.18. The normalized spacial score (nSPS) is 12.6. The van der Waals surface area contributed by atoms with Crippen LogP contribution < -0.4 is 20.3 Å². The summed E-state index contributed by atoms with van der Waals surface area (Å²) in [5.74, 6) is 1.11. The zero-order chi connectivity index (χ0) is 22.2. The number of rotatable bonds is 4. The fourth-order valence-electron chi connectivity index (χ4n) is 3.70. The second-order valence-electron chi connectivity index (χ2n) is 7.41. The number of ether oxygens (including phenoxy) is 2. The van der Waals surface area contributed by atoms with E-state index in [2.05, 4.69) is 5.32 Å². The van der Waals surface area contributed by atoms with E-state index < -0.39 is 0 Å². The van der Waals surface area contributed by atoms with Gasteiger partial charge in [-0.05, 0) is 55.0 Å². The molecule has 4 aromatic rings. The van der Waals surface area contributed by atoms with Gasteiger partial charge < -0.3 is 14.8 Å². The Morgan fingerprint density at radius 3 is 2.53 bits per heavy atom. The average Bonchev–Trinajstić information content (AvgIpc) is 3.39. The number of aromatic nitrogens is 2. The first-order valence-electron chi connectivity index (χ1n) is 10.2. The summed E-state index contributed by atoms with van der Waals surface area (Å²) in [7, 11) is 1.80. The first-order valence-corrected chi connectivity index (χ1v) is 11.0. The Hall–Kier alpha value is -3.78. The zero-order valence-electron chi connectivity index (χ0n) is 17.6. The molecule has 0 radical (unpaired) electrons. The number of nitrogens with one attached hydrogen (secondary N) is 1. The van der Waals surface area contributed by atoms with E-state index >= 15 is 0 Å². The SMILES string of the molecule is Cc1c(NC(=O)c2ccc(-c3ccc4c(c3)OCCO4)s2)c(=O)n(-c2ccccc2)n1C. The van der Waals surface area contributed by atoms with Crippen LogP contribution in [0.1, 0.15) is 15.4 Å². The summed E-state index contributed by atoms with van der Waals surface area (Å²) >= 11 is 1.36. The highest BCUT2D eigenvalue weighted by atomic mass is 32.1. The number of anilines is 1. The third kappa shape index (κ3) is 3.48. The maximum atomic E-state index is 13.0. The van der Waals surface area contributed by atoms with Gasteiger partial charge in [0.1, 0.15) is 18.9 Å². The van der Waals surface area contributed by atoms with Crippen LogP contribution >= 0.6 is 11.3 Å². The molecule has 1 N–H and O–H groups in total. The van der Waals surface area contributed by atoms with E-state index in [1.807, 2.05) is 61.5 Å². The summed E-state index contributed by atoms with van der Waals surface area (Å²) in [5, 5.41) is 2.81. The van der Waals surface area contributed by atoms with Crippen molar-refractivity contribution in [3.05, 3.63) is 81.6 Å². The van der Waals surface area contributed by atoms with Gasteiger partial charge in [-0.1, -0.05) is 18.2 Å². The molecule has 0 unspecified atom stereocenters. The van der Waals surface area contributed by atoms with E-state index in [1.54, 1.807) is 22.5 Å². The molecule has 8 heteroatoms. The minimum Gasteiger partial charge on any atom is -0.486 e. The quantitative estimate of drug-likeness (QED) is 0.508. The van der Waals surface area contributed by atoms with Crippen molar-refractivity contribution in [1.82, 2.24) is 9.36 Å². The Morgan fingerprint density at radius 1 is 1.00 bits per heavy atom. The summed E-state index contributed by atoms with van der Waals surface area (Å²) < 4.78 is 14.5. The zero-order valence-corrected chi connectivity index (χ0v) is 18.4. The number of hydrogen-bond acceptors (Lipinski definition) is 5. The molecule has 5 rings (SSSR count). The standard InChI is InChI=1S/C24H21N3O4S/c1-15-22(24(29)27(26(15)2)17-6-4-3-5-7-17)25-23(28)21-11-10-20(32-21)16-8-9-18-19(14-16)31-13-12-30-18/h3-11,14H,12-13H2,1-2H3,(H,25,28). The fourth-order valence-corrected chi connectivity index (χ4v) is 4.60. The van der Waals surface area contributed by atoms with Gasteiger partial charge in [0.15, 0.2) is 11.5 Å². The van der Waals surface area contributed by atoms with Gasteiger partial charge in [0.2, 0.25) is 0 Å². The lowest BCUT2D eigenvalue weighted by Crippen LogP contribution is -2.22. The lowest BCUT2D eigenvalue weighted by molar-refractivity contribution is 0.103. The number of benzene rings is 2. The molecule has 0 atom stereocenters. The third-order valence-electron chi connectivity index (χ3n) is 5.45. The fraction of sp³-hybridized carbons (Fsp3) is 0.167. The molecule has 1 amide bonds. The number of nitrogens with zero attached hydrogens (tertiary/aromatic N) is 2. The van der Waals surface area contributed by atoms with Crippen LogP contribution in [0.3, 0.4) is 0 Å². The number of thiophene rings is 1. The Kier molecular flexibility index (Phi) is 5.07. The van der Waals surface area contributed by atoms with Gasteiger partial charge in [0.25, 0.3) is 11.5 Å². The van der Waals surface area contributed by atoms with Crippen molar-refractivity contribution in [2.24, 2.45) is 7.05 Å². The van der Waals surface area contributed by atoms with Crippen molar-refractivity contribution >= 4 is 22.9 Å². The van der Waals surface area contributed by atoms with Crippen molar-refractivity contribution in [3.63, 3.8) is 0 Å². The molecular weight excluding hydrogens is 426 g/mol. The van der Waals surface area contributed by atoms with Gasteiger partial charge >= 0.3 is 0 Å². The van der Waals surface area contributed by atoms with Crippen LogP contribution in [0.25, 0.3) is 16.1 Å². The van der Waals surface area contributed by atoms with Crippen LogP contribution in [-0.2, 0) is 7.05 Å². The van der Waals surface area contributed by atoms with Gasteiger partial charge in [-0.2, -0.15) is 0 Å². The molecule has 0 spiro atoms. The molecule has 2 aromatic carbocycles. The molecule has 162 valence electrons. The highest BCUT2D eigenvalue weighted by Gasteiger charge is 2.20. The van der Waals surface area contributed by atoms with E-state index in [0.29, 0.717) is 29.5 Å². The molecular formula is C24H21N3O4S. The molecule has 3 heterocycles. The smallest absolute Gasteiger partial charge is 0.295 e. The molecule has 32 heavy (non-hydrogen) atoms. The molecule has 1 aliphatic heterocycles. The van der Waals surface area contributed by atoms with Crippen molar-refractivity contribution in [2.75, 3.05) is 18.5 Å². The van der Waals surface area contributed by atoms with Crippen LogP contribution in [0.5, 0.6) is 11.5 Å². The van der Waals surface area contributed by atoms with Crippen LogP contribution in [0, 0.1) is 6.92 Å². The molecule has 1 aliphatic rings. The lowest BCUT2D eigenvalue weighted by atomic mass is 10.1. The average molecular weight is 448 g/mol. The molecule has 0 saturated heterocycles. The first kappa shape index (κ1) is 20.1. The largest absolute Gasteiger partial charge is 0.486 e. The summed E-state index contributed by atoms with van der Waals surface area (Å²) in [4.78, 5) is 27.4. The van der Waals surface area contributed by atoms with Crippen LogP contribution in [-0.4, -0.2) is 28.5 Å². The predicted octanol–water partition coefficient (Wildman–Crippen LogP) is 4.24. The van der Waals surface area contributed by atoms with Crippen molar-refractivity contribution in [1.29, 1.82) is 0 Å². The minimum atomic E-state index is -0.315. The van der Waals surface area contributed by atoms with Crippen LogP contribution in [0.4, 0.5) is 5.69 Å². The molecule has 0 bridgehead atoms. The van der Waals surface area contributed by atoms with E-state index in [0.717, 1.165) is 21.9 Å². The van der Waals surface area contributed by atoms with Gasteiger partial charge in [-0.3, -0.25) is 14.3 Å². The number of carbonyl (C=O) groups excluding carboxylic acids is 1. The van der Waals surface area contributed by atoms with Crippen LogP contribution in [0.15, 0.2) is 65.5 Å². The summed E-state index contributed by atoms with van der Waals surface area (Å²) in [6.45, 7) is 2.87. The van der Waals surface area contributed by atoms with Gasteiger partial charge in [0, 0.05) is 11.9 Å². The molecule has 7 nitrogen and oxygen atoms in total. The van der Waals surface area contributed by atoms with Crippen molar-refractivity contribution in [2.45, 2.75) is 6.92 Å². The molecule has 0 fully saturated rings. The molecule has 0 aliphatic carbocycles. The maximum Gasteiger partial charge on any atom is 0.295 e.